The fourth-order valence-electron chi connectivity index (χ4n) is 3.92. The van der Waals surface area contributed by atoms with Crippen LogP contribution in [0.2, 0.25) is 0 Å². The van der Waals surface area contributed by atoms with E-state index in [0.29, 0.717) is 11.9 Å². The Balaban J connectivity index is 1.51. The first kappa shape index (κ1) is 13.4. The topological polar surface area (TPSA) is 35.6 Å². The van der Waals surface area contributed by atoms with Gasteiger partial charge in [0.25, 0.3) is 0 Å². The molecule has 2 heterocycles. The maximum absolute atomic E-state index is 12.6. The lowest BCUT2D eigenvalue weighted by atomic mass is 9.80. The van der Waals surface area contributed by atoms with Crippen LogP contribution in [0.1, 0.15) is 33.1 Å². The summed E-state index contributed by atoms with van der Waals surface area (Å²) in [6.07, 6.45) is 3.53. The van der Waals surface area contributed by atoms with Crippen molar-refractivity contribution in [2.45, 2.75) is 39.2 Å². The van der Waals surface area contributed by atoms with E-state index in [1.807, 2.05) is 0 Å². The Labute approximate surface area is 116 Å². The van der Waals surface area contributed by atoms with Crippen LogP contribution >= 0.6 is 0 Å². The van der Waals surface area contributed by atoms with E-state index < -0.39 is 0 Å². The first-order valence-electron chi connectivity index (χ1n) is 7.81. The third-order valence-corrected chi connectivity index (χ3v) is 5.40. The number of nitrogens with zero attached hydrogens (tertiary/aromatic N) is 2. The van der Waals surface area contributed by atoms with Gasteiger partial charge in [0.2, 0.25) is 5.91 Å². The molecule has 0 radical (unpaired) electrons. The van der Waals surface area contributed by atoms with Crippen molar-refractivity contribution in [3.8, 4) is 0 Å². The minimum absolute atomic E-state index is 0.219. The molecule has 0 aromatic rings. The van der Waals surface area contributed by atoms with E-state index >= 15 is 0 Å². The molecule has 1 saturated carbocycles. The number of hydrogen-bond acceptors (Lipinski definition) is 3. The van der Waals surface area contributed by atoms with Crippen molar-refractivity contribution < 1.29 is 4.79 Å². The first-order valence-corrected chi connectivity index (χ1v) is 7.81. The molecule has 0 bridgehead atoms. The van der Waals surface area contributed by atoms with E-state index in [9.17, 15) is 4.79 Å². The lowest BCUT2D eigenvalue weighted by Crippen LogP contribution is -2.65. The van der Waals surface area contributed by atoms with Gasteiger partial charge in [-0.3, -0.25) is 9.69 Å². The molecule has 3 aliphatic rings. The average molecular weight is 265 g/mol. The Morgan fingerprint density at radius 3 is 2.47 bits per heavy atom. The van der Waals surface area contributed by atoms with Gasteiger partial charge in [0.15, 0.2) is 0 Å². The molecular formula is C15H27N3O. The van der Waals surface area contributed by atoms with Gasteiger partial charge in [0.05, 0.1) is 0 Å². The Hall–Kier alpha value is -0.610. The largest absolute Gasteiger partial charge is 0.339 e. The minimum Gasteiger partial charge on any atom is -0.339 e. The highest BCUT2D eigenvalue weighted by molar-refractivity contribution is 5.80. The second-order valence-electron chi connectivity index (χ2n) is 7.12. The molecule has 2 aliphatic heterocycles. The Morgan fingerprint density at radius 2 is 1.89 bits per heavy atom. The molecule has 0 spiro atoms. The van der Waals surface area contributed by atoms with Crippen LogP contribution in [0.4, 0.5) is 0 Å². The summed E-state index contributed by atoms with van der Waals surface area (Å²) in [6.45, 7) is 10.9. The van der Waals surface area contributed by atoms with Crippen molar-refractivity contribution in [3.05, 3.63) is 0 Å². The Morgan fingerprint density at radius 1 is 1.21 bits per heavy atom. The van der Waals surface area contributed by atoms with Gasteiger partial charge in [-0.1, -0.05) is 20.3 Å². The van der Waals surface area contributed by atoms with E-state index in [0.717, 1.165) is 45.7 Å². The molecule has 0 aromatic carbocycles. The molecule has 0 aromatic heterocycles. The van der Waals surface area contributed by atoms with E-state index in [2.05, 4.69) is 29.0 Å². The lowest BCUT2D eigenvalue weighted by Gasteiger charge is -2.48. The molecule has 1 unspecified atom stereocenters. The van der Waals surface area contributed by atoms with Crippen molar-refractivity contribution in [1.82, 2.24) is 15.1 Å². The van der Waals surface area contributed by atoms with Crippen LogP contribution in [-0.2, 0) is 4.79 Å². The van der Waals surface area contributed by atoms with Crippen LogP contribution in [-0.4, -0.2) is 61.0 Å². The zero-order valence-corrected chi connectivity index (χ0v) is 12.3. The van der Waals surface area contributed by atoms with E-state index in [-0.39, 0.29) is 11.3 Å². The summed E-state index contributed by atoms with van der Waals surface area (Å²) >= 11 is 0. The molecule has 1 aliphatic carbocycles. The molecule has 19 heavy (non-hydrogen) atoms. The van der Waals surface area contributed by atoms with Gasteiger partial charge in [0, 0.05) is 51.2 Å². The number of likely N-dealkylation sites (tertiary alicyclic amines) is 1. The molecule has 3 fully saturated rings. The van der Waals surface area contributed by atoms with Crippen molar-refractivity contribution in [1.29, 1.82) is 0 Å². The zero-order valence-electron chi connectivity index (χ0n) is 12.3. The summed E-state index contributed by atoms with van der Waals surface area (Å²) in [5.41, 5.74) is 0.219. The fourth-order valence-corrected chi connectivity index (χ4v) is 3.92. The molecule has 1 atom stereocenters. The molecule has 4 nitrogen and oxygen atoms in total. The number of amides is 1. The highest BCUT2D eigenvalue weighted by Crippen LogP contribution is 2.44. The molecular weight excluding hydrogens is 238 g/mol. The summed E-state index contributed by atoms with van der Waals surface area (Å²) in [6, 6.07) is 0.621. The van der Waals surface area contributed by atoms with Gasteiger partial charge < -0.3 is 10.2 Å². The number of hydrogen-bond donors (Lipinski definition) is 1. The van der Waals surface area contributed by atoms with E-state index in [1.54, 1.807) is 0 Å². The minimum atomic E-state index is 0.219. The van der Waals surface area contributed by atoms with Gasteiger partial charge in [-0.15, -0.1) is 0 Å². The normalized spacial score (nSPS) is 32.3. The first-order chi connectivity index (χ1) is 9.08. The molecule has 4 heteroatoms. The van der Waals surface area contributed by atoms with Crippen molar-refractivity contribution in [2.24, 2.45) is 11.3 Å². The maximum atomic E-state index is 12.6. The molecule has 1 N–H and O–H groups in total. The summed E-state index contributed by atoms with van der Waals surface area (Å²) < 4.78 is 0. The van der Waals surface area contributed by atoms with Crippen LogP contribution in [0.3, 0.4) is 0 Å². The van der Waals surface area contributed by atoms with Crippen molar-refractivity contribution in [3.63, 3.8) is 0 Å². The predicted molar refractivity (Wildman–Crippen MR) is 75.9 cm³/mol. The Bertz CT molecular complexity index is 343. The zero-order chi connectivity index (χ0) is 13.5. The number of rotatable bonds is 2. The molecule has 108 valence electrons. The highest BCUT2D eigenvalue weighted by Gasteiger charge is 2.44. The SMILES string of the molecule is CC1(C)CCCC1C(=O)N1CC(N2CCNCC2)C1. The van der Waals surface area contributed by atoms with Crippen LogP contribution in [0.25, 0.3) is 0 Å². The summed E-state index contributed by atoms with van der Waals surface area (Å²) in [4.78, 5) is 17.2. The predicted octanol–water partition coefficient (Wildman–Crippen LogP) is 0.929. The second kappa shape index (κ2) is 5.06. The average Bonchev–Trinajstić information content (AvgIpc) is 2.68. The second-order valence-corrected chi connectivity index (χ2v) is 7.12. The quantitative estimate of drug-likeness (QED) is 0.807. The number of carbonyl (C=O) groups excluding carboxylic acids is 1. The smallest absolute Gasteiger partial charge is 0.226 e. The third kappa shape index (κ3) is 2.52. The van der Waals surface area contributed by atoms with Crippen LogP contribution in [0, 0.1) is 11.3 Å². The number of carbonyl (C=O) groups is 1. The molecule has 2 saturated heterocycles. The summed E-state index contributed by atoms with van der Waals surface area (Å²) in [5.74, 6) is 0.699. The van der Waals surface area contributed by atoms with E-state index in [1.165, 1.54) is 12.8 Å². The lowest BCUT2D eigenvalue weighted by molar-refractivity contribution is -0.146. The van der Waals surface area contributed by atoms with Gasteiger partial charge in [-0.25, -0.2) is 0 Å². The number of nitrogens with one attached hydrogen (secondary N) is 1. The van der Waals surface area contributed by atoms with Gasteiger partial charge in [-0.2, -0.15) is 0 Å². The van der Waals surface area contributed by atoms with Crippen molar-refractivity contribution in [2.75, 3.05) is 39.3 Å². The summed E-state index contributed by atoms with van der Waals surface area (Å²) in [7, 11) is 0. The van der Waals surface area contributed by atoms with Crippen LogP contribution in [0.5, 0.6) is 0 Å². The fraction of sp³-hybridized carbons (Fsp3) is 0.933. The van der Waals surface area contributed by atoms with Crippen LogP contribution in [0.15, 0.2) is 0 Å². The van der Waals surface area contributed by atoms with Crippen molar-refractivity contribution >= 4 is 5.91 Å². The van der Waals surface area contributed by atoms with E-state index in [4.69, 9.17) is 0 Å². The maximum Gasteiger partial charge on any atom is 0.226 e. The summed E-state index contributed by atoms with van der Waals surface area (Å²) in [5, 5.41) is 3.39. The molecule has 3 rings (SSSR count). The third-order valence-electron chi connectivity index (χ3n) is 5.40. The van der Waals surface area contributed by atoms with Gasteiger partial charge in [-0.05, 0) is 18.3 Å². The van der Waals surface area contributed by atoms with Gasteiger partial charge >= 0.3 is 0 Å². The molecule has 1 amide bonds. The van der Waals surface area contributed by atoms with Crippen LogP contribution < -0.4 is 5.32 Å². The standard InChI is InChI=1S/C15H27N3O/c1-15(2)5-3-4-13(15)14(19)18-10-12(11-18)17-8-6-16-7-9-17/h12-13,16H,3-11H2,1-2H3. The number of piperazine rings is 1. The monoisotopic (exact) mass is 265 g/mol. The highest BCUT2D eigenvalue weighted by atomic mass is 16.2. The van der Waals surface area contributed by atoms with Gasteiger partial charge in [0.1, 0.15) is 0 Å². The Kier molecular flexibility index (Phi) is 3.56.